The highest BCUT2D eigenvalue weighted by molar-refractivity contribution is 6.34. The van der Waals surface area contributed by atoms with Gasteiger partial charge >= 0.3 is 0 Å². The third kappa shape index (κ3) is 5.16. The Labute approximate surface area is 205 Å². The van der Waals surface area contributed by atoms with Gasteiger partial charge in [0.05, 0.1) is 16.6 Å². The van der Waals surface area contributed by atoms with Crippen molar-refractivity contribution >= 4 is 29.1 Å². The largest absolute Gasteiger partial charge is 0.380 e. The van der Waals surface area contributed by atoms with Crippen molar-refractivity contribution in [3.63, 3.8) is 0 Å². The van der Waals surface area contributed by atoms with Gasteiger partial charge in [0.15, 0.2) is 0 Å². The second-order valence-electron chi connectivity index (χ2n) is 10.0. The molecule has 0 spiro atoms. The Morgan fingerprint density at radius 1 is 1.21 bits per heavy atom. The molecule has 1 unspecified atom stereocenters. The summed E-state index contributed by atoms with van der Waals surface area (Å²) in [7, 11) is 3.36. The van der Waals surface area contributed by atoms with Crippen LogP contribution >= 0.6 is 11.6 Å². The Bertz CT molecular complexity index is 910. The van der Waals surface area contributed by atoms with Gasteiger partial charge in [-0.2, -0.15) is 0 Å². The number of hydrogen-bond donors (Lipinski definition) is 2. The zero-order valence-electron chi connectivity index (χ0n) is 20.4. The summed E-state index contributed by atoms with van der Waals surface area (Å²) in [6.45, 7) is 5.81. The lowest BCUT2D eigenvalue weighted by atomic mass is 9.82. The van der Waals surface area contributed by atoms with Gasteiger partial charge in [0.25, 0.3) is 17.7 Å². The van der Waals surface area contributed by atoms with E-state index in [1.54, 1.807) is 26.2 Å². The molecule has 10 heteroatoms. The number of carbonyl (C=O) groups is 2. The number of likely N-dealkylation sites (tertiary alicyclic amines) is 2. The molecule has 190 valence electrons. The average Bonchev–Trinajstić information content (AvgIpc) is 2.73. The van der Waals surface area contributed by atoms with Crippen LogP contribution in [-0.4, -0.2) is 95.5 Å². The smallest absolute Gasteiger partial charge is 0.282 e. The van der Waals surface area contributed by atoms with E-state index in [0.717, 1.165) is 18.8 Å². The fourth-order valence-corrected chi connectivity index (χ4v) is 5.04. The predicted octanol–water partition coefficient (Wildman–Crippen LogP) is 3.17. The maximum absolute atomic E-state index is 14.1. The van der Waals surface area contributed by atoms with Crippen molar-refractivity contribution < 1.29 is 23.5 Å². The van der Waals surface area contributed by atoms with Gasteiger partial charge in [-0.15, -0.1) is 0 Å². The summed E-state index contributed by atoms with van der Waals surface area (Å²) in [5.41, 5.74) is -1.39. The van der Waals surface area contributed by atoms with Crippen LogP contribution in [0.5, 0.6) is 0 Å². The zero-order valence-corrected chi connectivity index (χ0v) is 21.2. The van der Waals surface area contributed by atoms with Crippen LogP contribution in [0.3, 0.4) is 0 Å². The number of halogens is 3. The number of rotatable bonds is 7. The SMILES string of the molecule is CC(C)C(O)(C(=O)N1CCC(N2CC(Nc3ccc(C(=O)N(C)C)c(Cl)c3)C2)CC1)C(C)(F)F. The lowest BCUT2D eigenvalue weighted by Gasteiger charge is -2.48. The first-order chi connectivity index (χ1) is 15.8. The van der Waals surface area contributed by atoms with E-state index in [0.29, 0.717) is 43.4 Å². The molecule has 0 saturated carbocycles. The number of alkyl halides is 2. The summed E-state index contributed by atoms with van der Waals surface area (Å²) in [5.74, 6) is -5.45. The molecule has 2 aliphatic rings. The summed E-state index contributed by atoms with van der Waals surface area (Å²) in [6.07, 6.45) is 1.35. The Morgan fingerprint density at radius 2 is 1.79 bits per heavy atom. The molecule has 2 aliphatic heterocycles. The van der Waals surface area contributed by atoms with Gasteiger partial charge < -0.3 is 20.2 Å². The van der Waals surface area contributed by atoms with Crippen LogP contribution in [0.2, 0.25) is 5.02 Å². The van der Waals surface area contributed by atoms with E-state index in [-0.39, 0.29) is 18.0 Å². The van der Waals surface area contributed by atoms with Crippen LogP contribution in [-0.2, 0) is 4.79 Å². The molecule has 0 bridgehead atoms. The molecule has 0 aliphatic carbocycles. The van der Waals surface area contributed by atoms with E-state index in [4.69, 9.17) is 11.6 Å². The van der Waals surface area contributed by atoms with E-state index in [1.165, 1.54) is 23.6 Å². The first-order valence-electron chi connectivity index (χ1n) is 11.7. The first-order valence-corrected chi connectivity index (χ1v) is 12.0. The highest BCUT2D eigenvalue weighted by Crippen LogP contribution is 2.37. The molecular formula is C24H35ClF2N4O3. The van der Waals surface area contributed by atoms with Crippen LogP contribution in [0.15, 0.2) is 18.2 Å². The Kier molecular flexibility index (Phi) is 7.79. The van der Waals surface area contributed by atoms with E-state index in [2.05, 4.69) is 10.2 Å². The van der Waals surface area contributed by atoms with Crippen molar-refractivity contribution in [2.24, 2.45) is 5.92 Å². The second kappa shape index (κ2) is 9.95. The van der Waals surface area contributed by atoms with Crippen molar-refractivity contribution in [3.8, 4) is 0 Å². The van der Waals surface area contributed by atoms with Crippen LogP contribution < -0.4 is 5.32 Å². The fraction of sp³-hybridized carbons (Fsp3) is 0.667. The summed E-state index contributed by atoms with van der Waals surface area (Å²) < 4.78 is 28.2. The molecule has 2 amide bonds. The van der Waals surface area contributed by atoms with Crippen LogP contribution in [0.4, 0.5) is 14.5 Å². The fourth-order valence-electron chi connectivity index (χ4n) is 4.77. The third-order valence-electron chi connectivity index (χ3n) is 6.99. The maximum atomic E-state index is 14.1. The van der Waals surface area contributed by atoms with Crippen LogP contribution in [0, 0.1) is 5.92 Å². The van der Waals surface area contributed by atoms with Gasteiger partial charge in [-0.3, -0.25) is 14.5 Å². The zero-order chi connectivity index (χ0) is 25.4. The lowest BCUT2D eigenvalue weighted by molar-refractivity contribution is -0.208. The van der Waals surface area contributed by atoms with Crippen molar-refractivity contribution in [1.29, 1.82) is 0 Å². The van der Waals surface area contributed by atoms with Crippen molar-refractivity contribution in [3.05, 3.63) is 28.8 Å². The van der Waals surface area contributed by atoms with Gasteiger partial charge in [0, 0.05) is 58.9 Å². The molecule has 2 fully saturated rings. The Morgan fingerprint density at radius 3 is 2.26 bits per heavy atom. The molecule has 2 saturated heterocycles. The standard InChI is InChI=1S/C24H35ClF2N4O3/c1-15(2)24(34,23(3,26)27)22(33)30-10-8-18(9-11-30)31-13-17(14-31)28-16-6-7-19(20(25)12-16)21(32)29(4)5/h6-7,12,15,17-18,28,34H,8-11,13-14H2,1-5H3. The second-order valence-corrected chi connectivity index (χ2v) is 10.4. The van der Waals surface area contributed by atoms with Gasteiger partial charge in [0.2, 0.25) is 5.60 Å². The normalized spacial score (nSPS) is 20.1. The molecule has 1 atom stereocenters. The minimum Gasteiger partial charge on any atom is -0.380 e. The quantitative estimate of drug-likeness (QED) is 0.601. The van der Waals surface area contributed by atoms with Gasteiger partial charge in [-0.1, -0.05) is 25.4 Å². The van der Waals surface area contributed by atoms with E-state index >= 15 is 0 Å². The molecule has 34 heavy (non-hydrogen) atoms. The molecule has 2 heterocycles. The number of carbonyl (C=O) groups excluding carboxylic acids is 2. The monoisotopic (exact) mass is 500 g/mol. The van der Waals surface area contributed by atoms with Gasteiger partial charge in [-0.25, -0.2) is 8.78 Å². The number of piperidine rings is 1. The number of hydrogen-bond acceptors (Lipinski definition) is 5. The number of nitrogens with zero attached hydrogens (tertiary/aromatic N) is 3. The molecular weight excluding hydrogens is 466 g/mol. The molecule has 7 nitrogen and oxygen atoms in total. The van der Waals surface area contributed by atoms with E-state index in [9.17, 15) is 23.5 Å². The highest BCUT2D eigenvalue weighted by Gasteiger charge is 2.58. The summed E-state index contributed by atoms with van der Waals surface area (Å²) >= 11 is 6.29. The predicted molar refractivity (Wildman–Crippen MR) is 128 cm³/mol. The Hall–Kier alpha value is -1.97. The molecule has 0 radical (unpaired) electrons. The highest BCUT2D eigenvalue weighted by atomic mass is 35.5. The van der Waals surface area contributed by atoms with Crippen molar-refractivity contribution in [2.45, 2.75) is 57.2 Å². The summed E-state index contributed by atoms with van der Waals surface area (Å²) in [5, 5.41) is 14.4. The number of benzene rings is 1. The Balaban J connectivity index is 1.50. The van der Waals surface area contributed by atoms with Crippen LogP contribution in [0.1, 0.15) is 44.0 Å². The van der Waals surface area contributed by atoms with Crippen LogP contribution in [0.25, 0.3) is 0 Å². The molecule has 3 rings (SSSR count). The first kappa shape index (κ1) is 26.6. The van der Waals surface area contributed by atoms with Crippen molar-refractivity contribution in [2.75, 3.05) is 45.6 Å². The van der Waals surface area contributed by atoms with E-state index < -0.39 is 23.3 Å². The molecule has 0 aromatic heterocycles. The lowest BCUT2D eigenvalue weighted by Crippen LogP contribution is -2.64. The minimum atomic E-state index is -3.52. The van der Waals surface area contributed by atoms with Crippen molar-refractivity contribution in [1.82, 2.24) is 14.7 Å². The topological polar surface area (TPSA) is 76.1 Å². The van der Waals surface area contributed by atoms with E-state index in [1.807, 2.05) is 6.07 Å². The molecule has 2 N–H and O–H groups in total. The third-order valence-corrected chi connectivity index (χ3v) is 7.30. The number of amides is 2. The van der Waals surface area contributed by atoms with Gasteiger partial charge in [0.1, 0.15) is 0 Å². The number of aliphatic hydroxyl groups is 1. The summed E-state index contributed by atoms with van der Waals surface area (Å²) in [6, 6.07) is 5.81. The molecule has 1 aromatic rings. The summed E-state index contributed by atoms with van der Waals surface area (Å²) in [4.78, 5) is 30.1. The molecule has 1 aromatic carbocycles. The number of anilines is 1. The average molecular weight is 501 g/mol. The van der Waals surface area contributed by atoms with Gasteiger partial charge in [-0.05, 0) is 37.0 Å². The minimum absolute atomic E-state index is 0.148. The maximum Gasteiger partial charge on any atom is 0.282 e. The number of nitrogens with one attached hydrogen (secondary N) is 1.